The summed E-state index contributed by atoms with van der Waals surface area (Å²) < 4.78 is 1.67. The molecule has 3 heterocycles. The Bertz CT molecular complexity index is 1900. The van der Waals surface area contributed by atoms with Crippen molar-refractivity contribution >= 4 is 45.0 Å². The van der Waals surface area contributed by atoms with E-state index in [0.717, 1.165) is 27.3 Å². The predicted molar refractivity (Wildman–Crippen MR) is 163 cm³/mol. The number of thiazole rings is 1. The van der Waals surface area contributed by atoms with E-state index in [1.54, 1.807) is 21.2 Å². The molecule has 6 aromatic rings. The Balaban J connectivity index is 1.25. The van der Waals surface area contributed by atoms with Gasteiger partial charge >= 0.3 is 0 Å². The fraction of sp³-hybridized carbons (Fsp3) is 0.0625. The molecule has 0 aliphatic carbocycles. The van der Waals surface area contributed by atoms with Gasteiger partial charge in [0.25, 0.3) is 5.56 Å². The number of amides is 1. The zero-order valence-corrected chi connectivity index (χ0v) is 22.8. The van der Waals surface area contributed by atoms with Crippen molar-refractivity contribution in [2.75, 3.05) is 10.7 Å². The maximum atomic E-state index is 13.7. The summed E-state index contributed by atoms with van der Waals surface area (Å²) in [7, 11) is 0. The summed E-state index contributed by atoms with van der Waals surface area (Å²) >= 11 is 3.11. The highest BCUT2D eigenvalue weighted by molar-refractivity contribution is 8.00. The first-order valence-corrected chi connectivity index (χ1v) is 14.7. The first kappa shape index (κ1) is 24.5. The summed E-state index contributed by atoms with van der Waals surface area (Å²) in [5, 5.41) is 1.17. The van der Waals surface area contributed by atoms with Gasteiger partial charge in [0.15, 0.2) is 5.13 Å². The molecule has 8 heteroatoms. The van der Waals surface area contributed by atoms with Crippen molar-refractivity contribution in [2.45, 2.75) is 5.37 Å². The summed E-state index contributed by atoms with van der Waals surface area (Å²) in [4.78, 5) is 38.7. The second-order valence-electron chi connectivity index (χ2n) is 9.35. The van der Waals surface area contributed by atoms with Crippen LogP contribution in [0.2, 0.25) is 0 Å². The largest absolute Gasteiger partial charge is 0.273 e. The smallest absolute Gasteiger partial charge is 0.266 e. The molecule has 1 aliphatic rings. The molecule has 1 atom stereocenters. The number of benzene rings is 4. The minimum Gasteiger partial charge on any atom is -0.273 e. The molecule has 7 rings (SSSR count). The van der Waals surface area contributed by atoms with Crippen LogP contribution in [0.25, 0.3) is 38.4 Å². The molecule has 0 spiro atoms. The van der Waals surface area contributed by atoms with Gasteiger partial charge in [-0.3, -0.25) is 19.1 Å². The molecule has 194 valence electrons. The van der Waals surface area contributed by atoms with Crippen LogP contribution < -0.4 is 10.5 Å². The number of hydrogen-bond acceptors (Lipinski definition) is 6. The molecular formula is C32H22N4O2S2. The van der Waals surface area contributed by atoms with Gasteiger partial charge < -0.3 is 0 Å². The number of aromatic nitrogens is 3. The highest BCUT2D eigenvalue weighted by Crippen LogP contribution is 2.44. The third kappa shape index (κ3) is 4.31. The first-order valence-electron chi connectivity index (χ1n) is 12.8. The fourth-order valence-corrected chi connectivity index (χ4v) is 7.12. The Morgan fingerprint density at radius 1 is 0.750 bits per heavy atom. The average molecular weight is 559 g/mol. The first-order chi connectivity index (χ1) is 19.7. The van der Waals surface area contributed by atoms with Crippen molar-refractivity contribution in [1.29, 1.82) is 0 Å². The zero-order chi connectivity index (χ0) is 27.1. The SMILES string of the molecule is O=C1CSC(c2ccccc2)N1c1ncc(-c2ccc(-n3c(-c4ccccc4)nc4ccccc4c3=O)cc2)s1. The van der Waals surface area contributed by atoms with Crippen LogP contribution in [0.1, 0.15) is 10.9 Å². The summed E-state index contributed by atoms with van der Waals surface area (Å²) in [6, 6.07) is 35.1. The lowest BCUT2D eigenvalue weighted by Crippen LogP contribution is -2.27. The molecule has 0 radical (unpaired) electrons. The number of hydrogen-bond donors (Lipinski definition) is 0. The number of carbonyl (C=O) groups excluding carboxylic acids is 1. The summed E-state index contributed by atoms with van der Waals surface area (Å²) in [5.41, 5.74) is 4.19. The summed E-state index contributed by atoms with van der Waals surface area (Å²) in [5.74, 6) is 1.09. The number of thioether (sulfide) groups is 1. The van der Waals surface area contributed by atoms with Crippen molar-refractivity contribution in [3.63, 3.8) is 0 Å². The third-order valence-electron chi connectivity index (χ3n) is 6.87. The van der Waals surface area contributed by atoms with Gasteiger partial charge in [-0.05, 0) is 35.4 Å². The average Bonchev–Trinajstić information content (AvgIpc) is 3.65. The Labute approximate surface area is 238 Å². The lowest BCUT2D eigenvalue weighted by molar-refractivity contribution is -0.115. The third-order valence-corrected chi connectivity index (χ3v) is 9.13. The van der Waals surface area contributed by atoms with Gasteiger partial charge in [0, 0.05) is 11.8 Å². The summed E-state index contributed by atoms with van der Waals surface area (Å²) in [6.07, 6.45) is 1.81. The Morgan fingerprint density at radius 2 is 1.45 bits per heavy atom. The zero-order valence-electron chi connectivity index (χ0n) is 21.2. The van der Waals surface area contributed by atoms with Gasteiger partial charge in [0.1, 0.15) is 11.2 Å². The second kappa shape index (κ2) is 10.2. The van der Waals surface area contributed by atoms with Crippen LogP contribution in [0, 0.1) is 0 Å². The Morgan fingerprint density at radius 3 is 2.23 bits per heavy atom. The highest BCUT2D eigenvalue weighted by atomic mass is 32.2. The minimum atomic E-state index is -0.116. The minimum absolute atomic E-state index is 0.0618. The number of fused-ring (bicyclic) bond motifs is 1. The van der Waals surface area contributed by atoms with Crippen molar-refractivity contribution in [1.82, 2.24) is 14.5 Å². The van der Waals surface area contributed by atoms with E-state index >= 15 is 0 Å². The van der Waals surface area contributed by atoms with Crippen molar-refractivity contribution in [3.8, 4) is 27.5 Å². The summed E-state index contributed by atoms with van der Waals surface area (Å²) in [6.45, 7) is 0. The lowest BCUT2D eigenvalue weighted by atomic mass is 10.1. The molecule has 40 heavy (non-hydrogen) atoms. The van der Waals surface area contributed by atoms with Gasteiger partial charge in [0.2, 0.25) is 5.91 Å². The molecule has 0 N–H and O–H groups in total. The van der Waals surface area contributed by atoms with Crippen LogP contribution in [0.4, 0.5) is 5.13 Å². The van der Waals surface area contributed by atoms with E-state index in [1.165, 1.54) is 11.3 Å². The molecule has 1 unspecified atom stereocenters. The number of rotatable bonds is 5. The second-order valence-corrected chi connectivity index (χ2v) is 11.4. The topological polar surface area (TPSA) is 68.1 Å². The van der Waals surface area contributed by atoms with Crippen molar-refractivity contribution < 1.29 is 4.79 Å². The monoisotopic (exact) mass is 558 g/mol. The highest BCUT2D eigenvalue weighted by Gasteiger charge is 2.35. The van der Waals surface area contributed by atoms with E-state index in [2.05, 4.69) is 4.98 Å². The van der Waals surface area contributed by atoms with Crippen LogP contribution in [0.5, 0.6) is 0 Å². The molecule has 1 aliphatic heterocycles. The van der Waals surface area contributed by atoms with Crippen LogP contribution >= 0.6 is 23.1 Å². The number of nitrogens with zero attached hydrogens (tertiary/aromatic N) is 4. The molecule has 6 nitrogen and oxygen atoms in total. The van der Waals surface area contributed by atoms with Crippen LogP contribution in [-0.2, 0) is 4.79 Å². The van der Waals surface area contributed by atoms with Gasteiger partial charge in [-0.2, -0.15) is 0 Å². The van der Waals surface area contributed by atoms with Crippen LogP contribution in [0.3, 0.4) is 0 Å². The Kier molecular flexibility index (Phi) is 6.26. The molecule has 2 aromatic heterocycles. The molecule has 1 amide bonds. The maximum absolute atomic E-state index is 13.7. The number of anilines is 1. The van der Waals surface area contributed by atoms with Gasteiger partial charge in [-0.1, -0.05) is 96.3 Å². The van der Waals surface area contributed by atoms with Gasteiger partial charge in [-0.15, -0.1) is 11.8 Å². The van der Waals surface area contributed by atoms with E-state index in [9.17, 15) is 9.59 Å². The number of carbonyl (C=O) groups is 1. The van der Waals surface area contributed by atoms with Gasteiger partial charge in [-0.25, -0.2) is 9.97 Å². The van der Waals surface area contributed by atoms with Crippen LogP contribution in [0.15, 0.2) is 120 Å². The molecule has 4 aromatic carbocycles. The standard InChI is InChI=1S/C32H22N4O2S2/c37-28-20-39-31(23-11-5-2-6-12-23)36(28)32-33-19-27(40-32)21-15-17-24(18-16-21)35-29(22-9-3-1-4-10-22)34-26-14-8-7-13-25(26)30(35)38/h1-19,31H,20H2. The number of para-hydroxylation sites is 1. The van der Waals surface area contributed by atoms with Crippen molar-refractivity contribution in [3.05, 3.63) is 131 Å². The molecular weight excluding hydrogens is 537 g/mol. The molecule has 1 saturated heterocycles. The quantitative estimate of drug-likeness (QED) is 0.229. The van der Waals surface area contributed by atoms with Crippen LogP contribution in [-0.4, -0.2) is 26.2 Å². The van der Waals surface area contributed by atoms with Gasteiger partial charge in [0.05, 0.1) is 27.2 Å². The predicted octanol–water partition coefficient (Wildman–Crippen LogP) is 6.95. The molecule has 1 fully saturated rings. The Hall–Kier alpha value is -4.53. The normalized spacial score (nSPS) is 15.2. The van der Waals surface area contributed by atoms with Crippen molar-refractivity contribution in [2.24, 2.45) is 0 Å². The van der Waals surface area contributed by atoms with E-state index in [0.29, 0.717) is 27.6 Å². The lowest BCUT2D eigenvalue weighted by Gasteiger charge is -2.21. The maximum Gasteiger partial charge on any atom is 0.266 e. The fourth-order valence-electron chi connectivity index (χ4n) is 4.93. The van der Waals surface area contributed by atoms with E-state index in [-0.39, 0.29) is 16.8 Å². The van der Waals surface area contributed by atoms with E-state index < -0.39 is 0 Å². The van der Waals surface area contributed by atoms with E-state index in [4.69, 9.17) is 4.98 Å². The molecule has 0 saturated carbocycles. The van der Waals surface area contributed by atoms with E-state index in [1.807, 2.05) is 115 Å². The molecule has 0 bridgehead atoms.